The molecule has 0 saturated heterocycles. The van der Waals surface area contributed by atoms with E-state index in [-0.39, 0.29) is 23.9 Å². The van der Waals surface area contributed by atoms with Crippen molar-refractivity contribution in [2.24, 2.45) is 0 Å². The zero-order valence-corrected chi connectivity index (χ0v) is 18.4. The molecule has 2 rings (SSSR count). The van der Waals surface area contributed by atoms with Gasteiger partial charge in [-0.2, -0.15) is 4.98 Å². The number of rotatable bonds is 9. The van der Waals surface area contributed by atoms with E-state index >= 15 is 0 Å². The summed E-state index contributed by atoms with van der Waals surface area (Å²) < 4.78 is 16.5. The topological polar surface area (TPSA) is 89.7 Å². The minimum atomic E-state index is -0.191. The Balaban J connectivity index is 2.00. The quantitative estimate of drug-likeness (QED) is 0.680. The van der Waals surface area contributed by atoms with E-state index in [9.17, 15) is 4.79 Å². The Labute approximate surface area is 172 Å². The summed E-state index contributed by atoms with van der Waals surface area (Å²) in [5, 5.41) is 6.94. The van der Waals surface area contributed by atoms with Crippen LogP contribution in [0.15, 0.2) is 22.7 Å². The summed E-state index contributed by atoms with van der Waals surface area (Å²) in [6.07, 6.45) is 0. The van der Waals surface area contributed by atoms with Crippen LogP contribution in [0.4, 0.5) is 5.69 Å². The molecule has 1 heterocycles. The summed E-state index contributed by atoms with van der Waals surface area (Å²) >= 11 is 0. The van der Waals surface area contributed by atoms with Crippen LogP contribution in [-0.2, 0) is 10.2 Å². The predicted molar refractivity (Wildman–Crippen MR) is 111 cm³/mol. The Morgan fingerprint density at radius 2 is 1.86 bits per heavy atom. The molecule has 2 aromatic rings. The lowest BCUT2D eigenvalue weighted by atomic mass is 9.96. The second-order valence-corrected chi connectivity index (χ2v) is 7.87. The Kier molecular flexibility index (Phi) is 7.61. The standard InChI is InChI=1S/C21H32N4O4/c1-8-27-16-11-10-15(12-17(16)28-9-2)22-18(26)13-25(7)14(3)19-23-20(24-29-19)21(4,5)6/h10-12,14H,8-9,13H2,1-7H3,(H,22,26). The zero-order valence-electron chi connectivity index (χ0n) is 18.4. The first kappa shape index (κ1) is 22.7. The summed E-state index contributed by atoms with van der Waals surface area (Å²) in [5.74, 6) is 2.25. The van der Waals surface area contributed by atoms with Gasteiger partial charge in [0.05, 0.1) is 25.8 Å². The summed E-state index contributed by atoms with van der Waals surface area (Å²) in [4.78, 5) is 18.8. The first-order valence-electron chi connectivity index (χ1n) is 9.89. The van der Waals surface area contributed by atoms with Crippen molar-refractivity contribution in [1.82, 2.24) is 15.0 Å². The minimum absolute atomic E-state index is 0.151. The predicted octanol–water partition coefficient (Wildman–Crippen LogP) is 3.80. The van der Waals surface area contributed by atoms with E-state index in [4.69, 9.17) is 14.0 Å². The maximum atomic E-state index is 12.5. The van der Waals surface area contributed by atoms with E-state index in [1.165, 1.54) is 0 Å². The maximum Gasteiger partial charge on any atom is 0.243 e. The molecule has 0 fully saturated rings. The van der Waals surface area contributed by atoms with Crippen LogP contribution >= 0.6 is 0 Å². The SMILES string of the molecule is CCOc1ccc(NC(=O)CN(C)C(C)c2nc(C(C)(C)C)no2)cc1OCC. The molecule has 1 N–H and O–H groups in total. The molecule has 0 radical (unpaired) electrons. The molecular weight excluding hydrogens is 372 g/mol. The van der Waals surface area contributed by atoms with Crippen molar-refractivity contribution in [3.05, 3.63) is 29.9 Å². The third kappa shape index (κ3) is 6.19. The zero-order chi connectivity index (χ0) is 21.6. The van der Waals surface area contributed by atoms with Gasteiger partial charge in [0.1, 0.15) is 0 Å². The molecule has 0 saturated carbocycles. The summed E-state index contributed by atoms with van der Waals surface area (Å²) in [5.41, 5.74) is 0.458. The van der Waals surface area contributed by atoms with E-state index in [2.05, 4.69) is 15.5 Å². The highest BCUT2D eigenvalue weighted by Gasteiger charge is 2.25. The molecule has 1 amide bonds. The van der Waals surface area contributed by atoms with E-state index in [1.807, 2.05) is 53.5 Å². The van der Waals surface area contributed by atoms with Crippen molar-refractivity contribution >= 4 is 11.6 Å². The number of amides is 1. The largest absolute Gasteiger partial charge is 0.490 e. The Hall–Kier alpha value is -2.61. The first-order chi connectivity index (χ1) is 13.7. The van der Waals surface area contributed by atoms with Gasteiger partial charge in [0.15, 0.2) is 17.3 Å². The first-order valence-corrected chi connectivity index (χ1v) is 9.89. The lowest BCUT2D eigenvalue weighted by Crippen LogP contribution is -2.32. The number of hydrogen-bond donors (Lipinski definition) is 1. The Bertz CT molecular complexity index is 813. The number of ether oxygens (including phenoxy) is 2. The van der Waals surface area contributed by atoms with E-state index in [0.29, 0.717) is 42.1 Å². The molecule has 29 heavy (non-hydrogen) atoms. The molecule has 1 aromatic carbocycles. The molecule has 0 bridgehead atoms. The van der Waals surface area contributed by atoms with Gasteiger partial charge in [-0.25, -0.2) is 0 Å². The van der Waals surface area contributed by atoms with Crippen molar-refractivity contribution in [3.63, 3.8) is 0 Å². The third-order valence-corrected chi connectivity index (χ3v) is 4.35. The van der Waals surface area contributed by atoms with Gasteiger partial charge >= 0.3 is 0 Å². The van der Waals surface area contributed by atoms with Crippen LogP contribution in [0.1, 0.15) is 59.3 Å². The summed E-state index contributed by atoms with van der Waals surface area (Å²) in [6, 6.07) is 5.16. The van der Waals surface area contributed by atoms with E-state index in [1.54, 1.807) is 18.2 Å². The molecule has 8 heteroatoms. The maximum absolute atomic E-state index is 12.5. The Morgan fingerprint density at radius 1 is 1.21 bits per heavy atom. The molecular formula is C21H32N4O4. The van der Waals surface area contributed by atoms with Gasteiger partial charge in [0.25, 0.3) is 0 Å². The highest BCUT2D eigenvalue weighted by Crippen LogP contribution is 2.30. The second kappa shape index (κ2) is 9.73. The van der Waals surface area contributed by atoms with Crippen LogP contribution in [0.2, 0.25) is 0 Å². The monoisotopic (exact) mass is 404 g/mol. The normalized spacial score (nSPS) is 12.7. The minimum Gasteiger partial charge on any atom is -0.490 e. The Morgan fingerprint density at radius 3 is 2.45 bits per heavy atom. The molecule has 160 valence electrons. The van der Waals surface area contributed by atoms with Crippen molar-refractivity contribution in [2.45, 2.75) is 53.0 Å². The number of benzene rings is 1. The van der Waals surface area contributed by atoms with Crippen LogP contribution in [0.25, 0.3) is 0 Å². The van der Waals surface area contributed by atoms with Gasteiger partial charge in [-0.1, -0.05) is 25.9 Å². The molecule has 8 nitrogen and oxygen atoms in total. The molecule has 0 aliphatic heterocycles. The van der Waals surface area contributed by atoms with Gasteiger partial charge < -0.3 is 19.3 Å². The van der Waals surface area contributed by atoms with Crippen molar-refractivity contribution in [3.8, 4) is 11.5 Å². The third-order valence-electron chi connectivity index (χ3n) is 4.35. The fourth-order valence-corrected chi connectivity index (χ4v) is 2.59. The number of anilines is 1. The summed E-state index contributed by atoms with van der Waals surface area (Å²) in [7, 11) is 1.84. The molecule has 0 aliphatic carbocycles. The average Bonchev–Trinajstić information content (AvgIpc) is 3.14. The molecule has 0 spiro atoms. The van der Waals surface area contributed by atoms with Crippen LogP contribution in [0.5, 0.6) is 11.5 Å². The number of hydrogen-bond acceptors (Lipinski definition) is 7. The summed E-state index contributed by atoms with van der Waals surface area (Å²) in [6.45, 7) is 13.0. The van der Waals surface area contributed by atoms with Crippen LogP contribution in [0.3, 0.4) is 0 Å². The van der Waals surface area contributed by atoms with Gasteiger partial charge in [0, 0.05) is 17.2 Å². The van der Waals surface area contributed by atoms with Gasteiger partial charge in [-0.05, 0) is 40.0 Å². The number of aromatic nitrogens is 2. The number of carbonyl (C=O) groups excluding carboxylic acids is 1. The lowest BCUT2D eigenvalue weighted by Gasteiger charge is -2.21. The van der Waals surface area contributed by atoms with Gasteiger partial charge in [-0.15, -0.1) is 0 Å². The number of carbonyl (C=O) groups is 1. The molecule has 0 aliphatic rings. The van der Waals surface area contributed by atoms with E-state index in [0.717, 1.165) is 0 Å². The molecule has 1 atom stereocenters. The number of likely N-dealkylation sites (N-methyl/N-ethyl adjacent to an activating group) is 1. The average molecular weight is 405 g/mol. The van der Waals surface area contributed by atoms with Gasteiger partial charge in [0.2, 0.25) is 11.8 Å². The lowest BCUT2D eigenvalue weighted by molar-refractivity contribution is -0.117. The van der Waals surface area contributed by atoms with Crippen molar-refractivity contribution in [1.29, 1.82) is 0 Å². The smallest absolute Gasteiger partial charge is 0.243 e. The highest BCUT2D eigenvalue weighted by molar-refractivity contribution is 5.92. The fourth-order valence-electron chi connectivity index (χ4n) is 2.59. The van der Waals surface area contributed by atoms with Crippen molar-refractivity contribution in [2.75, 3.05) is 32.1 Å². The number of nitrogens with one attached hydrogen (secondary N) is 1. The van der Waals surface area contributed by atoms with Gasteiger partial charge in [-0.3, -0.25) is 9.69 Å². The van der Waals surface area contributed by atoms with Crippen LogP contribution < -0.4 is 14.8 Å². The second-order valence-electron chi connectivity index (χ2n) is 7.87. The van der Waals surface area contributed by atoms with Crippen LogP contribution in [0, 0.1) is 0 Å². The van der Waals surface area contributed by atoms with Crippen molar-refractivity contribution < 1.29 is 18.8 Å². The van der Waals surface area contributed by atoms with Crippen LogP contribution in [-0.4, -0.2) is 47.8 Å². The molecule has 1 aromatic heterocycles. The fraction of sp³-hybridized carbons (Fsp3) is 0.571. The highest BCUT2D eigenvalue weighted by atomic mass is 16.5. The molecule has 1 unspecified atom stereocenters. The number of nitrogens with zero attached hydrogens (tertiary/aromatic N) is 3. The van der Waals surface area contributed by atoms with E-state index < -0.39 is 0 Å².